The normalized spacial score (nSPS) is 18.8. The van der Waals surface area contributed by atoms with Crippen LogP contribution in [0, 0.1) is 6.92 Å². The SMILES string of the molecule is Cc1ccc(NC(=O)c2ccc3c(c2)CCCC3)c(OCC2CCCO2)c1. The molecule has 1 aliphatic carbocycles. The molecule has 1 atom stereocenters. The number of anilines is 1. The second kappa shape index (κ2) is 8.13. The zero-order valence-electron chi connectivity index (χ0n) is 15.9. The number of nitrogens with one attached hydrogen (secondary N) is 1. The summed E-state index contributed by atoms with van der Waals surface area (Å²) in [4.78, 5) is 12.8. The van der Waals surface area contributed by atoms with Crippen molar-refractivity contribution in [2.24, 2.45) is 0 Å². The summed E-state index contributed by atoms with van der Waals surface area (Å²) in [5, 5.41) is 3.03. The lowest BCUT2D eigenvalue weighted by Gasteiger charge is -2.18. The Bertz CT molecular complexity index is 824. The summed E-state index contributed by atoms with van der Waals surface area (Å²) >= 11 is 0. The minimum atomic E-state index is -0.0887. The van der Waals surface area contributed by atoms with Crippen molar-refractivity contribution in [3.8, 4) is 5.75 Å². The predicted molar refractivity (Wildman–Crippen MR) is 107 cm³/mol. The van der Waals surface area contributed by atoms with Gasteiger partial charge in [-0.25, -0.2) is 0 Å². The molecule has 0 saturated carbocycles. The van der Waals surface area contributed by atoms with Gasteiger partial charge < -0.3 is 14.8 Å². The van der Waals surface area contributed by atoms with E-state index in [0.29, 0.717) is 23.6 Å². The van der Waals surface area contributed by atoms with E-state index in [1.165, 1.54) is 24.0 Å². The Kier molecular flexibility index (Phi) is 5.44. The number of rotatable bonds is 5. The van der Waals surface area contributed by atoms with Gasteiger partial charge in [0.05, 0.1) is 11.8 Å². The summed E-state index contributed by atoms with van der Waals surface area (Å²) in [7, 11) is 0. The van der Waals surface area contributed by atoms with Crippen LogP contribution in [0.4, 0.5) is 5.69 Å². The molecule has 2 aliphatic rings. The fraction of sp³-hybridized carbons (Fsp3) is 0.435. The van der Waals surface area contributed by atoms with Crippen molar-refractivity contribution in [1.29, 1.82) is 0 Å². The van der Waals surface area contributed by atoms with Gasteiger partial charge in [0.1, 0.15) is 12.4 Å². The van der Waals surface area contributed by atoms with Crippen LogP contribution in [0.1, 0.15) is 52.7 Å². The average Bonchev–Trinajstić information content (AvgIpc) is 3.21. The predicted octanol–water partition coefficient (Wildman–Crippen LogP) is 4.68. The lowest BCUT2D eigenvalue weighted by atomic mass is 9.90. The highest BCUT2D eigenvalue weighted by molar-refractivity contribution is 6.05. The molecule has 142 valence electrons. The summed E-state index contributed by atoms with van der Waals surface area (Å²) < 4.78 is 11.6. The topological polar surface area (TPSA) is 47.6 Å². The van der Waals surface area contributed by atoms with E-state index in [9.17, 15) is 4.79 Å². The molecule has 0 bridgehead atoms. The van der Waals surface area contributed by atoms with Gasteiger partial charge >= 0.3 is 0 Å². The van der Waals surface area contributed by atoms with E-state index in [1.54, 1.807) is 0 Å². The van der Waals surface area contributed by atoms with Crippen LogP contribution in [0.3, 0.4) is 0 Å². The van der Waals surface area contributed by atoms with Crippen LogP contribution < -0.4 is 10.1 Å². The van der Waals surface area contributed by atoms with Crippen LogP contribution in [0.5, 0.6) is 5.75 Å². The Balaban J connectivity index is 1.48. The van der Waals surface area contributed by atoms with Gasteiger partial charge in [-0.1, -0.05) is 12.1 Å². The number of amides is 1. The first-order valence-electron chi connectivity index (χ1n) is 9.97. The van der Waals surface area contributed by atoms with Crippen molar-refractivity contribution in [3.05, 3.63) is 58.7 Å². The molecule has 1 N–H and O–H groups in total. The van der Waals surface area contributed by atoms with Crippen molar-refractivity contribution in [3.63, 3.8) is 0 Å². The van der Waals surface area contributed by atoms with E-state index < -0.39 is 0 Å². The van der Waals surface area contributed by atoms with Crippen LogP contribution in [-0.2, 0) is 17.6 Å². The summed E-state index contributed by atoms with van der Waals surface area (Å²) in [6.07, 6.45) is 6.90. The smallest absolute Gasteiger partial charge is 0.255 e. The van der Waals surface area contributed by atoms with Gasteiger partial charge in [0.25, 0.3) is 5.91 Å². The third kappa shape index (κ3) is 4.33. The molecular formula is C23H27NO3. The van der Waals surface area contributed by atoms with E-state index in [0.717, 1.165) is 37.9 Å². The average molecular weight is 365 g/mol. The number of aryl methyl sites for hydroxylation is 3. The second-order valence-corrected chi connectivity index (χ2v) is 7.59. The van der Waals surface area contributed by atoms with Gasteiger partial charge in [-0.2, -0.15) is 0 Å². The summed E-state index contributed by atoms with van der Waals surface area (Å²) in [5.41, 5.74) is 5.22. The molecule has 0 spiro atoms. The van der Waals surface area contributed by atoms with E-state index >= 15 is 0 Å². The standard InChI is InChI=1S/C23H27NO3/c1-16-8-11-21(22(13-16)27-15-20-7-4-12-26-20)24-23(25)19-10-9-17-5-2-3-6-18(17)14-19/h8-11,13-14,20H,2-7,12,15H2,1H3,(H,24,25). The fourth-order valence-electron chi connectivity index (χ4n) is 3.88. The van der Waals surface area contributed by atoms with Crippen molar-refractivity contribution < 1.29 is 14.3 Å². The van der Waals surface area contributed by atoms with Crippen molar-refractivity contribution >= 4 is 11.6 Å². The van der Waals surface area contributed by atoms with Gasteiger partial charge in [0.15, 0.2) is 0 Å². The number of hydrogen-bond acceptors (Lipinski definition) is 3. The van der Waals surface area contributed by atoms with Gasteiger partial charge in [0.2, 0.25) is 0 Å². The number of hydrogen-bond donors (Lipinski definition) is 1. The molecule has 1 unspecified atom stereocenters. The maximum Gasteiger partial charge on any atom is 0.255 e. The summed E-state index contributed by atoms with van der Waals surface area (Å²) in [6, 6.07) is 12.0. The lowest BCUT2D eigenvalue weighted by molar-refractivity contribution is 0.0681. The largest absolute Gasteiger partial charge is 0.489 e. The summed E-state index contributed by atoms with van der Waals surface area (Å²) in [5.74, 6) is 0.617. The molecule has 4 heteroatoms. The van der Waals surface area contributed by atoms with Crippen LogP contribution in [0.25, 0.3) is 0 Å². The monoisotopic (exact) mass is 365 g/mol. The molecule has 0 aromatic heterocycles. The zero-order chi connectivity index (χ0) is 18.6. The van der Waals surface area contributed by atoms with E-state index in [-0.39, 0.29) is 12.0 Å². The quantitative estimate of drug-likeness (QED) is 0.837. The zero-order valence-corrected chi connectivity index (χ0v) is 15.9. The number of ether oxygens (including phenoxy) is 2. The van der Waals surface area contributed by atoms with Crippen molar-refractivity contribution in [2.75, 3.05) is 18.5 Å². The second-order valence-electron chi connectivity index (χ2n) is 7.59. The van der Waals surface area contributed by atoms with Gasteiger partial charge in [0, 0.05) is 12.2 Å². The first-order valence-corrected chi connectivity index (χ1v) is 9.97. The highest BCUT2D eigenvalue weighted by Crippen LogP contribution is 2.28. The molecule has 2 aromatic rings. The van der Waals surface area contributed by atoms with Crippen LogP contribution in [0.15, 0.2) is 36.4 Å². The Morgan fingerprint density at radius 1 is 1.11 bits per heavy atom. The first-order chi connectivity index (χ1) is 13.2. The number of carbonyl (C=O) groups is 1. The van der Waals surface area contributed by atoms with Gasteiger partial charge in [-0.05, 0) is 86.4 Å². The molecule has 2 aromatic carbocycles. The van der Waals surface area contributed by atoms with Crippen LogP contribution >= 0.6 is 0 Å². The molecule has 4 rings (SSSR count). The highest BCUT2D eigenvalue weighted by atomic mass is 16.5. The molecule has 0 radical (unpaired) electrons. The third-order valence-corrected chi connectivity index (χ3v) is 5.44. The minimum Gasteiger partial charge on any atom is -0.489 e. The molecular weight excluding hydrogens is 338 g/mol. The molecule has 1 aliphatic heterocycles. The third-order valence-electron chi connectivity index (χ3n) is 5.44. The van der Waals surface area contributed by atoms with E-state index in [1.807, 2.05) is 37.3 Å². The molecule has 1 heterocycles. The molecule has 1 amide bonds. The van der Waals surface area contributed by atoms with Gasteiger partial charge in [-0.3, -0.25) is 4.79 Å². The minimum absolute atomic E-state index is 0.0887. The number of carbonyl (C=O) groups excluding carboxylic acids is 1. The Hall–Kier alpha value is -2.33. The van der Waals surface area contributed by atoms with E-state index in [2.05, 4.69) is 11.4 Å². The first kappa shape index (κ1) is 18.1. The Labute approximate surface area is 160 Å². The fourth-order valence-corrected chi connectivity index (χ4v) is 3.88. The maximum absolute atomic E-state index is 12.8. The summed E-state index contributed by atoms with van der Waals surface area (Å²) in [6.45, 7) is 3.35. The van der Waals surface area contributed by atoms with E-state index in [4.69, 9.17) is 9.47 Å². The Morgan fingerprint density at radius 2 is 1.96 bits per heavy atom. The van der Waals surface area contributed by atoms with Crippen LogP contribution in [0.2, 0.25) is 0 Å². The highest BCUT2D eigenvalue weighted by Gasteiger charge is 2.18. The number of fused-ring (bicyclic) bond motifs is 1. The maximum atomic E-state index is 12.8. The molecule has 1 saturated heterocycles. The van der Waals surface area contributed by atoms with Gasteiger partial charge in [-0.15, -0.1) is 0 Å². The van der Waals surface area contributed by atoms with Crippen molar-refractivity contribution in [2.45, 2.75) is 51.6 Å². The Morgan fingerprint density at radius 3 is 2.78 bits per heavy atom. The van der Waals surface area contributed by atoms with Crippen LogP contribution in [-0.4, -0.2) is 25.2 Å². The molecule has 4 nitrogen and oxygen atoms in total. The lowest BCUT2D eigenvalue weighted by Crippen LogP contribution is -2.18. The number of benzene rings is 2. The molecule has 27 heavy (non-hydrogen) atoms. The van der Waals surface area contributed by atoms with Crippen molar-refractivity contribution in [1.82, 2.24) is 0 Å². The molecule has 1 fully saturated rings.